The van der Waals surface area contributed by atoms with Gasteiger partial charge in [0, 0.05) is 18.5 Å². The van der Waals surface area contributed by atoms with E-state index in [1.54, 1.807) is 7.11 Å². The molecule has 0 amide bonds. The molecule has 0 atom stereocenters. The summed E-state index contributed by atoms with van der Waals surface area (Å²) in [6, 6.07) is 9.87. The molecule has 3 rings (SSSR count). The van der Waals surface area contributed by atoms with Gasteiger partial charge in [-0.3, -0.25) is 4.79 Å². The van der Waals surface area contributed by atoms with E-state index in [1.807, 2.05) is 30.3 Å². The first kappa shape index (κ1) is 13.7. The number of piperidine rings is 1. The fourth-order valence-electron chi connectivity index (χ4n) is 2.81. The Balaban J connectivity index is 1.86. The third kappa shape index (κ3) is 2.63. The van der Waals surface area contributed by atoms with Crippen LogP contribution in [0.1, 0.15) is 12.8 Å². The van der Waals surface area contributed by atoms with Gasteiger partial charge in [-0.2, -0.15) is 0 Å². The van der Waals surface area contributed by atoms with Crippen LogP contribution in [-0.4, -0.2) is 36.3 Å². The number of carboxylic acid groups (broad SMARTS) is 1. The maximum atomic E-state index is 11.0. The molecule has 5 heteroatoms. The van der Waals surface area contributed by atoms with Crippen LogP contribution in [0.2, 0.25) is 0 Å². The van der Waals surface area contributed by atoms with E-state index in [2.05, 4.69) is 4.90 Å². The average molecular weight is 286 g/mol. The molecule has 1 saturated heterocycles. The molecule has 0 radical (unpaired) electrons. The van der Waals surface area contributed by atoms with Gasteiger partial charge in [0.05, 0.1) is 13.0 Å². The number of pyridine rings is 1. The average Bonchev–Trinajstić information content (AvgIpc) is 2.53. The minimum absolute atomic E-state index is 0.226. The third-order valence-corrected chi connectivity index (χ3v) is 4.06. The van der Waals surface area contributed by atoms with Gasteiger partial charge >= 0.3 is 5.97 Å². The van der Waals surface area contributed by atoms with Crippen molar-refractivity contribution in [2.75, 3.05) is 25.1 Å². The topological polar surface area (TPSA) is 62.7 Å². The summed E-state index contributed by atoms with van der Waals surface area (Å²) >= 11 is 0. The van der Waals surface area contributed by atoms with Crippen LogP contribution in [0.5, 0.6) is 5.75 Å². The largest absolute Gasteiger partial charge is 0.494 e. The predicted molar refractivity (Wildman–Crippen MR) is 80.9 cm³/mol. The van der Waals surface area contributed by atoms with Gasteiger partial charge < -0.3 is 14.7 Å². The minimum Gasteiger partial charge on any atom is -0.494 e. The molecule has 5 nitrogen and oxygen atoms in total. The summed E-state index contributed by atoms with van der Waals surface area (Å²) in [4.78, 5) is 17.8. The Kier molecular flexibility index (Phi) is 3.64. The Morgan fingerprint density at radius 2 is 2.05 bits per heavy atom. The zero-order valence-electron chi connectivity index (χ0n) is 12.0. The van der Waals surface area contributed by atoms with E-state index >= 15 is 0 Å². The van der Waals surface area contributed by atoms with E-state index in [9.17, 15) is 4.79 Å². The number of methoxy groups -OCH3 is 1. The fraction of sp³-hybridized carbons (Fsp3) is 0.375. The lowest BCUT2D eigenvalue weighted by molar-refractivity contribution is -0.142. The standard InChI is InChI=1S/C16H18N2O3/c1-21-13-4-2-3-11-5-6-14(17-15(11)13)18-9-7-12(8-10-18)16(19)20/h2-6,12H,7-10H2,1H3,(H,19,20). The number of aromatic nitrogens is 1. The van der Waals surface area contributed by atoms with Crippen LogP contribution in [-0.2, 0) is 4.79 Å². The first-order valence-corrected chi connectivity index (χ1v) is 7.10. The zero-order chi connectivity index (χ0) is 14.8. The van der Waals surface area contributed by atoms with E-state index in [-0.39, 0.29) is 5.92 Å². The molecule has 0 bridgehead atoms. The number of hydrogen-bond acceptors (Lipinski definition) is 4. The molecule has 0 aliphatic carbocycles. The van der Waals surface area contributed by atoms with Crippen molar-refractivity contribution in [3.8, 4) is 5.75 Å². The SMILES string of the molecule is COc1cccc2ccc(N3CCC(C(=O)O)CC3)nc12. The molecule has 1 N–H and O–H groups in total. The van der Waals surface area contributed by atoms with Crippen LogP contribution in [0.3, 0.4) is 0 Å². The van der Waals surface area contributed by atoms with Crippen molar-refractivity contribution in [3.05, 3.63) is 30.3 Å². The molecule has 1 aromatic carbocycles. The van der Waals surface area contributed by atoms with Gasteiger partial charge in [0.15, 0.2) is 0 Å². The summed E-state index contributed by atoms with van der Waals surface area (Å²) < 4.78 is 5.36. The Labute approximate surface area is 123 Å². The van der Waals surface area contributed by atoms with Crippen molar-refractivity contribution >= 4 is 22.7 Å². The monoisotopic (exact) mass is 286 g/mol. The highest BCUT2D eigenvalue weighted by molar-refractivity contribution is 5.86. The molecule has 1 aliphatic heterocycles. The number of ether oxygens (including phenoxy) is 1. The molecule has 1 aromatic heterocycles. The number of anilines is 1. The van der Waals surface area contributed by atoms with E-state index in [4.69, 9.17) is 14.8 Å². The van der Waals surface area contributed by atoms with Crippen molar-refractivity contribution in [2.24, 2.45) is 5.92 Å². The maximum absolute atomic E-state index is 11.0. The molecule has 1 fully saturated rings. The fourth-order valence-corrected chi connectivity index (χ4v) is 2.81. The predicted octanol–water partition coefficient (Wildman–Crippen LogP) is 2.54. The van der Waals surface area contributed by atoms with Crippen molar-refractivity contribution in [2.45, 2.75) is 12.8 Å². The number of fused-ring (bicyclic) bond motifs is 1. The molecule has 0 unspecified atom stereocenters. The normalized spacial score (nSPS) is 16.1. The van der Waals surface area contributed by atoms with Crippen molar-refractivity contribution in [3.63, 3.8) is 0 Å². The second-order valence-electron chi connectivity index (χ2n) is 5.30. The van der Waals surface area contributed by atoms with E-state index < -0.39 is 5.97 Å². The summed E-state index contributed by atoms with van der Waals surface area (Å²) in [6.07, 6.45) is 1.34. The second-order valence-corrected chi connectivity index (χ2v) is 5.30. The minimum atomic E-state index is -0.692. The van der Waals surface area contributed by atoms with E-state index in [0.717, 1.165) is 35.6 Å². The summed E-state index contributed by atoms with van der Waals surface area (Å²) in [5.41, 5.74) is 0.845. The highest BCUT2D eigenvalue weighted by Crippen LogP contribution is 2.28. The lowest BCUT2D eigenvalue weighted by Crippen LogP contribution is -2.36. The molecular weight excluding hydrogens is 268 g/mol. The van der Waals surface area contributed by atoms with Gasteiger partial charge in [-0.15, -0.1) is 0 Å². The molecule has 0 spiro atoms. The number of para-hydroxylation sites is 1. The van der Waals surface area contributed by atoms with E-state index in [0.29, 0.717) is 12.8 Å². The second kappa shape index (κ2) is 5.60. The van der Waals surface area contributed by atoms with Crippen LogP contribution in [0.25, 0.3) is 10.9 Å². The highest BCUT2D eigenvalue weighted by Gasteiger charge is 2.25. The summed E-state index contributed by atoms with van der Waals surface area (Å²) in [5, 5.41) is 10.1. The first-order valence-electron chi connectivity index (χ1n) is 7.10. The van der Waals surface area contributed by atoms with Crippen LogP contribution >= 0.6 is 0 Å². The highest BCUT2D eigenvalue weighted by atomic mass is 16.5. The summed E-state index contributed by atoms with van der Waals surface area (Å²) in [6.45, 7) is 1.45. The molecular formula is C16H18N2O3. The third-order valence-electron chi connectivity index (χ3n) is 4.06. The smallest absolute Gasteiger partial charge is 0.306 e. The number of hydrogen-bond donors (Lipinski definition) is 1. The number of rotatable bonds is 3. The lowest BCUT2D eigenvalue weighted by Gasteiger charge is -2.31. The Bertz CT molecular complexity index is 664. The first-order chi connectivity index (χ1) is 10.2. The van der Waals surface area contributed by atoms with Crippen molar-refractivity contribution in [1.29, 1.82) is 0 Å². The van der Waals surface area contributed by atoms with Gasteiger partial charge in [-0.1, -0.05) is 12.1 Å². The quantitative estimate of drug-likeness (QED) is 0.939. The van der Waals surface area contributed by atoms with Crippen LogP contribution in [0.4, 0.5) is 5.82 Å². The van der Waals surface area contributed by atoms with Crippen molar-refractivity contribution < 1.29 is 14.6 Å². The van der Waals surface area contributed by atoms with E-state index in [1.165, 1.54) is 0 Å². The van der Waals surface area contributed by atoms with Crippen LogP contribution in [0.15, 0.2) is 30.3 Å². The Hall–Kier alpha value is -2.30. The number of aliphatic carboxylic acids is 1. The number of carboxylic acids is 1. The van der Waals surface area contributed by atoms with Crippen LogP contribution in [0, 0.1) is 5.92 Å². The summed E-state index contributed by atoms with van der Waals surface area (Å²) in [7, 11) is 1.64. The van der Waals surface area contributed by atoms with Gasteiger partial charge in [-0.05, 0) is 31.0 Å². The number of nitrogens with zero attached hydrogens (tertiary/aromatic N) is 2. The molecule has 1 aliphatic rings. The molecule has 2 heterocycles. The maximum Gasteiger partial charge on any atom is 0.306 e. The number of benzene rings is 1. The van der Waals surface area contributed by atoms with Gasteiger partial charge in [0.25, 0.3) is 0 Å². The lowest BCUT2D eigenvalue weighted by atomic mass is 9.97. The van der Waals surface area contributed by atoms with Gasteiger partial charge in [-0.25, -0.2) is 4.98 Å². The molecule has 2 aromatic rings. The number of carbonyl (C=O) groups is 1. The molecule has 0 saturated carbocycles. The van der Waals surface area contributed by atoms with Crippen LogP contribution < -0.4 is 9.64 Å². The Morgan fingerprint density at radius 3 is 2.71 bits per heavy atom. The van der Waals surface area contributed by atoms with Gasteiger partial charge in [0.2, 0.25) is 0 Å². The zero-order valence-corrected chi connectivity index (χ0v) is 12.0. The van der Waals surface area contributed by atoms with Crippen molar-refractivity contribution in [1.82, 2.24) is 4.98 Å². The van der Waals surface area contributed by atoms with Gasteiger partial charge in [0.1, 0.15) is 17.1 Å². The summed E-state index contributed by atoms with van der Waals surface area (Å²) in [5.74, 6) is 0.727. The molecule has 21 heavy (non-hydrogen) atoms. The molecule has 110 valence electrons. The Morgan fingerprint density at radius 1 is 1.29 bits per heavy atom.